The van der Waals surface area contributed by atoms with Gasteiger partial charge in [-0.1, -0.05) is 13.0 Å². The van der Waals surface area contributed by atoms with Crippen LogP contribution in [0.4, 0.5) is 4.39 Å². The Hall–Kier alpha value is -0.980. The Labute approximate surface area is 106 Å². The van der Waals surface area contributed by atoms with Crippen LogP contribution >= 0.6 is 0 Å². The molecule has 2 rings (SSSR count). The summed E-state index contributed by atoms with van der Waals surface area (Å²) in [5, 5.41) is 9.59. The van der Waals surface area contributed by atoms with Gasteiger partial charge in [0.15, 0.2) is 0 Å². The van der Waals surface area contributed by atoms with E-state index in [1.165, 1.54) is 22.5 Å². The fraction of sp³-hybridized carbons (Fsp3) is 0.500. The molecule has 1 N–H and O–H groups in total. The van der Waals surface area contributed by atoms with E-state index in [9.17, 15) is 17.9 Å². The number of aliphatic hydroxyl groups excluding tert-OH is 1. The number of hydrogen-bond donors (Lipinski definition) is 1. The van der Waals surface area contributed by atoms with Gasteiger partial charge >= 0.3 is 0 Å². The first-order chi connectivity index (χ1) is 8.41. The molecule has 1 aromatic carbocycles. The molecule has 4 nitrogen and oxygen atoms in total. The summed E-state index contributed by atoms with van der Waals surface area (Å²) in [4.78, 5) is -0.0360. The lowest BCUT2D eigenvalue weighted by molar-refractivity contribution is 0.0628. The van der Waals surface area contributed by atoms with Crippen molar-refractivity contribution < 1.29 is 17.9 Å². The molecule has 0 aromatic heterocycles. The van der Waals surface area contributed by atoms with Crippen LogP contribution in [0.15, 0.2) is 29.2 Å². The molecule has 1 aliphatic heterocycles. The molecule has 2 atom stereocenters. The van der Waals surface area contributed by atoms with Gasteiger partial charge in [0.1, 0.15) is 5.82 Å². The fourth-order valence-corrected chi connectivity index (χ4v) is 3.68. The largest absolute Gasteiger partial charge is 0.393 e. The van der Waals surface area contributed by atoms with Crippen molar-refractivity contribution in [3.05, 3.63) is 30.1 Å². The molecule has 1 aromatic rings. The second-order valence-electron chi connectivity index (χ2n) is 4.65. The predicted octanol–water partition coefficient (Wildman–Crippen LogP) is 1.22. The van der Waals surface area contributed by atoms with Gasteiger partial charge in [0.25, 0.3) is 0 Å². The zero-order valence-corrected chi connectivity index (χ0v) is 10.9. The highest BCUT2D eigenvalue weighted by molar-refractivity contribution is 7.89. The Balaban J connectivity index is 2.27. The van der Waals surface area contributed by atoms with Crippen LogP contribution in [0.3, 0.4) is 0 Å². The zero-order chi connectivity index (χ0) is 13.3. The maximum atomic E-state index is 13.1. The van der Waals surface area contributed by atoms with Crippen molar-refractivity contribution in [3.63, 3.8) is 0 Å². The molecule has 1 heterocycles. The SMILES string of the molecule is CC1CN(S(=O)(=O)c2cccc(F)c2)CCC1O. The maximum Gasteiger partial charge on any atom is 0.243 e. The van der Waals surface area contributed by atoms with E-state index in [1.54, 1.807) is 6.92 Å². The van der Waals surface area contributed by atoms with Gasteiger partial charge in [0, 0.05) is 13.1 Å². The third-order valence-corrected chi connectivity index (χ3v) is 5.12. The molecule has 100 valence electrons. The number of benzene rings is 1. The van der Waals surface area contributed by atoms with Gasteiger partial charge < -0.3 is 5.11 Å². The molecule has 0 spiro atoms. The first kappa shape index (κ1) is 13.5. The summed E-state index contributed by atoms with van der Waals surface area (Å²) in [6.07, 6.45) is -0.0561. The molecule has 0 radical (unpaired) electrons. The molecule has 18 heavy (non-hydrogen) atoms. The van der Waals surface area contributed by atoms with Crippen LogP contribution in [0.25, 0.3) is 0 Å². The third-order valence-electron chi connectivity index (χ3n) is 3.26. The van der Waals surface area contributed by atoms with E-state index in [4.69, 9.17) is 0 Å². The lowest BCUT2D eigenvalue weighted by Crippen LogP contribution is -2.44. The molecule has 1 saturated heterocycles. The highest BCUT2D eigenvalue weighted by Gasteiger charge is 2.32. The van der Waals surface area contributed by atoms with Crippen molar-refractivity contribution in [2.24, 2.45) is 5.92 Å². The van der Waals surface area contributed by atoms with Crippen molar-refractivity contribution in [1.82, 2.24) is 4.31 Å². The molecular weight excluding hydrogens is 257 g/mol. The quantitative estimate of drug-likeness (QED) is 0.881. The van der Waals surface area contributed by atoms with Crippen molar-refractivity contribution in [2.75, 3.05) is 13.1 Å². The monoisotopic (exact) mass is 273 g/mol. The van der Waals surface area contributed by atoms with Gasteiger partial charge in [-0.25, -0.2) is 12.8 Å². The van der Waals surface area contributed by atoms with E-state index in [0.717, 1.165) is 6.07 Å². The first-order valence-corrected chi connectivity index (χ1v) is 7.29. The van der Waals surface area contributed by atoms with E-state index < -0.39 is 21.9 Å². The van der Waals surface area contributed by atoms with Crippen LogP contribution in [-0.4, -0.2) is 37.0 Å². The maximum absolute atomic E-state index is 13.1. The number of halogens is 1. The average molecular weight is 273 g/mol. The smallest absolute Gasteiger partial charge is 0.243 e. The van der Waals surface area contributed by atoms with Crippen molar-refractivity contribution >= 4 is 10.0 Å². The topological polar surface area (TPSA) is 57.6 Å². The minimum atomic E-state index is -3.66. The second kappa shape index (κ2) is 4.95. The minimum absolute atomic E-state index is 0.0360. The molecule has 1 fully saturated rings. The van der Waals surface area contributed by atoms with Gasteiger partial charge in [-0.15, -0.1) is 0 Å². The Morgan fingerprint density at radius 2 is 2.17 bits per heavy atom. The minimum Gasteiger partial charge on any atom is -0.393 e. The summed E-state index contributed by atoms with van der Waals surface area (Å²) < 4.78 is 38.9. The van der Waals surface area contributed by atoms with Crippen LogP contribution in [0.2, 0.25) is 0 Å². The number of aliphatic hydroxyl groups is 1. The summed E-state index contributed by atoms with van der Waals surface area (Å²) in [6.45, 7) is 2.34. The molecule has 1 aliphatic rings. The van der Waals surface area contributed by atoms with Crippen molar-refractivity contribution in [2.45, 2.75) is 24.3 Å². The Morgan fingerprint density at radius 1 is 1.44 bits per heavy atom. The summed E-state index contributed by atoms with van der Waals surface area (Å²) in [7, 11) is -3.66. The number of nitrogens with zero attached hydrogens (tertiary/aromatic N) is 1. The normalized spacial score (nSPS) is 26.2. The average Bonchev–Trinajstić information content (AvgIpc) is 2.32. The van der Waals surface area contributed by atoms with Crippen LogP contribution < -0.4 is 0 Å². The van der Waals surface area contributed by atoms with Crippen LogP contribution in [0.5, 0.6) is 0 Å². The lowest BCUT2D eigenvalue weighted by atomic mass is 9.99. The van der Waals surface area contributed by atoms with Gasteiger partial charge in [0.05, 0.1) is 11.0 Å². The van der Waals surface area contributed by atoms with Gasteiger partial charge in [-0.05, 0) is 30.5 Å². The van der Waals surface area contributed by atoms with Crippen LogP contribution in [-0.2, 0) is 10.0 Å². The van der Waals surface area contributed by atoms with E-state index in [1.807, 2.05) is 0 Å². The van der Waals surface area contributed by atoms with Crippen molar-refractivity contribution in [3.8, 4) is 0 Å². The Morgan fingerprint density at radius 3 is 2.78 bits per heavy atom. The summed E-state index contributed by atoms with van der Waals surface area (Å²) >= 11 is 0. The number of sulfonamides is 1. The molecule has 0 amide bonds. The summed E-state index contributed by atoms with van der Waals surface area (Å²) in [5.74, 6) is -0.678. The van der Waals surface area contributed by atoms with Gasteiger partial charge in [-0.2, -0.15) is 4.31 Å². The van der Waals surface area contributed by atoms with Gasteiger partial charge in [-0.3, -0.25) is 0 Å². The third kappa shape index (κ3) is 2.55. The molecule has 0 saturated carbocycles. The lowest BCUT2D eigenvalue weighted by Gasteiger charge is -2.33. The summed E-state index contributed by atoms with van der Waals surface area (Å²) in [6, 6.07) is 4.99. The standard InChI is InChI=1S/C12H16FNO3S/c1-9-8-14(6-5-12(9)15)18(16,17)11-4-2-3-10(13)7-11/h2-4,7,9,12,15H,5-6,8H2,1H3. The number of piperidine rings is 1. The summed E-state index contributed by atoms with van der Waals surface area (Å²) in [5.41, 5.74) is 0. The zero-order valence-electron chi connectivity index (χ0n) is 10.1. The fourth-order valence-electron chi connectivity index (χ4n) is 2.09. The molecule has 0 aliphatic carbocycles. The predicted molar refractivity (Wildman–Crippen MR) is 64.9 cm³/mol. The molecule has 0 bridgehead atoms. The molecule has 2 unspecified atom stereocenters. The Bertz CT molecular complexity index is 532. The first-order valence-electron chi connectivity index (χ1n) is 5.85. The van der Waals surface area contributed by atoms with E-state index >= 15 is 0 Å². The van der Waals surface area contributed by atoms with Crippen LogP contribution in [0, 0.1) is 11.7 Å². The second-order valence-corrected chi connectivity index (χ2v) is 6.59. The molecular formula is C12H16FNO3S. The number of rotatable bonds is 2. The Kier molecular flexibility index (Phi) is 3.70. The van der Waals surface area contributed by atoms with Gasteiger partial charge in [0.2, 0.25) is 10.0 Å². The van der Waals surface area contributed by atoms with E-state index in [-0.39, 0.29) is 23.9 Å². The van der Waals surface area contributed by atoms with Crippen LogP contribution in [0.1, 0.15) is 13.3 Å². The van der Waals surface area contributed by atoms with E-state index in [2.05, 4.69) is 0 Å². The molecule has 6 heteroatoms. The number of hydrogen-bond acceptors (Lipinski definition) is 3. The van der Waals surface area contributed by atoms with E-state index in [0.29, 0.717) is 6.42 Å². The highest BCUT2D eigenvalue weighted by atomic mass is 32.2. The van der Waals surface area contributed by atoms with Crippen molar-refractivity contribution in [1.29, 1.82) is 0 Å². The highest BCUT2D eigenvalue weighted by Crippen LogP contribution is 2.24.